The molecule has 0 amide bonds. The van der Waals surface area contributed by atoms with E-state index in [9.17, 15) is 13.2 Å². The Morgan fingerprint density at radius 3 is 2.59 bits per heavy atom. The monoisotopic (exact) mass is 552 g/mol. The predicted molar refractivity (Wildman–Crippen MR) is 143 cm³/mol. The fourth-order valence-corrected chi connectivity index (χ4v) is 4.99. The molecule has 0 bridgehead atoms. The van der Waals surface area contributed by atoms with Crippen LogP contribution in [0.2, 0.25) is 0 Å². The first kappa shape index (κ1) is 29.8. The van der Waals surface area contributed by atoms with Gasteiger partial charge in [0.2, 0.25) is 0 Å². The number of hydrogen-bond acceptors (Lipinski definition) is 7. The molecule has 2 aromatic carbocycles. The summed E-state index contributed by atoms with van der Waals surface area (Å²) in [6.07, 6.45) is 4.94. The molecule has 1 aliphatic heterocycles. The molecule has 0 unspecified atom stereocenters. The van der Waals surface area contributed by atoms with E-state index in [1.54, 1.807) is 53.5 Å². The maximum atomic E-state index is 13.5. The summed E-state index contributed by atoms with van der Waals surface area (Å²) in [5.41, 5.74) is 2.23. The first-order valence-corrected chi connectivity index (χ1v) is 12.5. The topological polar surface area (TPSA) is 147 Å². The second kappa shape index (κ2) is 12.4. The van der Waals surface area contributed by atoms with Gasteiger partial charge < -0.3 is 14.9 Å². The number of ether oxygens (including phenoxy) is 2. The second-order valence-electron chi connectivity index (χ2n) is 8.48. The van der Waals surface area contributed by atoms with Gasteiger partial charge in [0.1, 0.15) is 0 Å². The van der Waals surface area contributed by atoms with E-state index in [2.05, 4.69) is 14.8 Å². The fraction of sp³-hybridized carbons (Fsp3) is 0.292. The van der Waals surface area contributed by atoms with Crippen LogP contribution in [0.1, 0.15) is 0 Å². The third-order valence-corrected chi connectivity index (χ3v) is 7.39. The number of anilines is 1. The summed E-state index contributed by atoms with van der Waals surface area (Å²) in [5, 5.41) is 5.69. The number of benzene rings is 1. The average Bonchev–Trinajstić information content (AvgIpc) is 3.23. The van der Waals surface area contributed by atoms with Crippen LogP contribution in [0.3, 0.4) is 0 Å². The number of aryl methyl sites for hydroxylation is 1. The van der Waals surface area contributed by atoms with Crippen LogP contribution in [0, 0.1) is 0 Å². The SMILES string of the molecule is CN(C[C@@H]1COCCO1)S(=O)(=O)Nc1ccc2ccc3ncc(-c4cnn(C)c4)cc3c(=O)c2c1.O.[K]. The zero-order valence-electron chi connectivity index (χ0n) is 20.8. The van der Waals surface area contributed by atoms with Crippen molar-refractivity contribution in [2.24, 2.45) is 7.05 Å². The zero-order chi connectivity index (χ0) is 24.6. The van der Waals surface area contributed by atoms with Crippen molar-refractivity contribution in [2.45, 2.75) is 6.10 Å². The number of aromatic nitrogens is 3. The zero-order valence-corrected chi connectivity index (χ0v) is 24.8. The summed E-state index contributed by atoms with van der Waals surface area (Å²) in [6, 6.07) is 10.3. The van der Waals surface area contributed by atoms with Gasteiger partial charge in [0.05, 0.1) is 43.3 Å². The van der Waals surface area contributed by atoms with Crippen LogP contribution in [0.4, 0.5) is 5.69 Å². The van der Waals surface area contributed by atoms with Crippen LogP contribution in [0.5, 0.6) is 0 Å². The number of hydrogen-bond donors (Lipinski definition) is 1. The number of fused-ring (bicyclic) bond motifs is 2. The van der Waals surface area contributed by atoms with Gasteiger partial charge in [-0.3, -0.25) is 19.2 Å². The summed E-state index contributed by atoms with van der Waals surface area (Å²) < 4.78 is 42.1. The Hall–Kier alpha value is -1.78. The number of pyridine rings is 1. The molecule has 5 rings (SSSR count). The van der Waals surface area contributed by atoms with Crippen molar-refractivity contribution in [1.82, 2.24) is 19.1 Å². The summed E-state index contributed by atoms with van der Waals surface area (Å²) in [4.78, 5) is 18.0. The molecule has 13 heteroatoms. The van der Waals surface area contributed by atoms with E-state index in [0.29, 0.717) is 41.5 Å². The van der Waals surface area contributed by atoms with E-state index in [-0.39, 0.29) is 80.6 Å². The minimum atomic E-state index is -3.87. The molecule has 4 aromatic rings. The van der Waals surface area contributed by atoms with Crippen LogP contribution in [-0.2, 0) is 26.7 Å². The van der Waals surface area contributed by atoms with Crippen molar-refractivity contribution < 1.29 is 23.4 Å². The Morgan fingerprint density at radius 1 is 1.11 bits per heavy atom. The van der Waals surface area contributed by atoms with Gasteiger partial charge in [0.15, 0.2) is 5.43 Å². The van der Waals surface area contributed by atoms with Gasteiger partial charge in [-0.2, -0.15) is 17.8 Å². The van der Waals surface area contributed by atoms with Crippen molar-refractivity contribution in [1.29, 1.82) is 0 Å². The van der Waals surface area contributed by atoms with E-state index < -0.39 is 10.2 Å². The average molecular weight is 553 g/mol. The summed E-state index contributed by atoms with van der Waals surface area (Å²) in [5.74, 6) is 0. The Balaban J connectivity index is 0.00000190. The number of likely N-dealkylation sites (N-methyl/N-ethyl adjacent to an activating group) is 1. The van der Waals surface area contributed by atoms with E-state index in [1.807, 2.05) is 13.2 Å². The first-order chi connectivity index (χ1) is 16.8. The maximum absolute atomic E-state index is 13.5. The molecule has 191 valence electrons. The Bertz CT molecular complexity index is 1570. The summed E-state index contributed by atoms with van der Waals surface area (Å²) in [7, 11) is -0.578. The molecular formula is C24H27KN5O6S. The molecule has 1 atom stereocenters. The van der Waals surface area contributed by atoms with Crippen LogP contribution in [0.25, 0.3) is 32.8 Å². The van der Waals surface area contributed by atoms with Crippen molar-refractivity contribution in [3.05, 3.63) is 65.2 Å². The second-order valence-corrected chi connectivity index (χ2v) is 10.3. The molecule has 1 aliphatic rings. The molecular weight excluding hydrogens is 525 g/mol. The van der Waals surface area contributed by atoms with Gasteiger partial charge in [-0.25, -0.2) is 0 Å². The van der Waals surface area contributed by atoms with Crippen LogP contribution in [0.15, 0.2) is 59.8 Å². The molecule has 3 N–H and O–H groups in total. The van der Waals surface area contributed by atoms with Crippen LogP contribution < -0.4 is 10.2 Å². The Morgan fingerprint density at radius 2 is 1.89 bits per heavy atom. The predicted octanol–water partition coefficient (Wildman–Crippen LogP) is 0.947. The van der Waals surface area contributed by atoms with Crippen LogP contribution >= 0.6 is 0 Å². The maximum Gasteiger partial charge on any atom is 0.301 e. The smallest absolute Gasteiger partial charge is 0.301 e. The van der Waals surface area contributed by atoms with Gasteiger partial charge in [0.25, 0.3) is 0 Å². The minimum absolute atomic E-state index is 0. The Labute approximate surface area is 256 Å². The fourth-order valence-electron chi connectivity index (χ4n) is 4.05. The number of rotatable bonds is 6. The van der Waals surface area contributed by atoms with Gasteiger partial charge in [-0.15, -0.1) is 0 Å². The molecule has 0 spiro atoms. The first-order valence-electron chi connectivity index (χ1n) is 11.1. The van der Waals surface area contributed by atoms with Crippen molar-refractivity contribution in [3.8, 4) is 11.1 Å². The summed E-state index contributed by atoms with van der Waals surface area (Å²) in [6.45, 7) is 1.43. The number of nitrogens with one attached hydrogen (secondary N) is 1. The van der Waals surface area contributed by atoms with Crippen molar-refractivity contribution in [3.63, 3.8) is 0 Å². The summed E-state index contributed by atoms with van der Waals surface area (Å²) >= 11 is 0. The van der Waals surface area contributed by atoms with Gasteiger partial charge in [0, 0.05) is 106 Å². The third kappa shape index (κ3) is 6.62. The van der Waals surface area contributed by atoms with Gasteiger partial charge in [-0.1, -0.05) is 12.1 Å². The molecule has 1 fully saturated rings. The van der Waals surface area contributed by atoms with Gasteiger partial charge >= 0.3 is 10.2 Å². The molecule has 1 saturated heterocycles. The van der Waals surface area contributed by atoms with E-state index >= 15 is 0 Å². The third-order valence-electron chi connectivity index (χ3n) is 5.92. The van der Waals surface area contributed by atoms with E-state index in [4.69, 9.17) is 9.47 Å². The van der Waals surface area contributed by atoms with Crippen molar-refractivity contribution >= 4 is 89.0 Å². The largest absolute Gasteiger partial charge is 0.412 e. The quantitative estimate of drug-likeness (QED) is 0.350. The van der Waals surface area contributed by atoms with E-state index in [0.717, 1.165) is 11.1 Å². The molecule has 37 heavy (non-hydrogen) atoms. The Kier molecular flexibility index (Phi) is 9.96. The van der Waals surface area contributed by atoms with Crippen LogP contribution in [-0.4, -0.2) is 124 Å². The van der Waals surface area contributed by atoms with E-state index in [1.165, 1.54) is 11.4 Å². The molecule has 0 aliphatic carbocycles. The molecule has 2 aromatic heterocycles. The molecule has 1 radical (unpaired) electrons. The molecule has 3 heterocycles. The van der Waals surface area contributed by atoms with Gasteiger partial charge in [-0.05, 0) is 29.7 Å². The van der Waals surface area contributed by atoms with Crippen molar-refractivity contribution in [2.75, 3.05) is 38.1 Å². The normalized spacial score (nSPS) is 15.8. The molecule has 11 nitrogen and oxygen atoms in total. The molecule has 0 saturated carbocycles. The standard InChI is InChI=1S/C24H25N5O5S.K.H2O/c1-28-13-18(12-26-28)17-9-22-23(25-11-17)6-4-16-3-5-19(10-21(16)24(22)30)27-35(31,32)29(2)14-20-15-33-7-8-34-20;;/h3-6,9-13,20,27H,7-8,14-15H2,1-2H3;;1H2/t20-;;/m1../s1. The minimum Gasteiger partial charge on any atom is -0.412 e. The number of nitrogens with zero attached hydrogens (tertiary/aromatic N) is 4.